The van der Waals surface area contributed by atoms with Gasteiger partial charge in [-0.15, -0.1) is 0 Å². The van der Waals surface area contributed by atoms with Crippen LogP contribution in [0.2, 0.25) is 0 Å². The SMILES string of the molecule is NC(=O)NNC(=O)c1ccc2c(c1)CCC2. The van der Waals surface area contributed by atoms with Crippen LogP contribution in [0.1, 0.15) is 27.9 Å². The van der Waals surface area contributed by atoms with Crippen molar-refractivity contribution in [1.29, 1.82) is 0 Å². The predicted molar refractivity (Wildman–Crippen MR) is 58.7 cm³/mol. The lowest BCUT2D eigenvalue weighted by atomic mass is 10.1. The molecule has 2 rings (SSSR count). The van der Waals surface area contributed by atoms with Crippen LogP contribution in [-0.4, -0.2) is 11.9 Å². The summed E-state index contributed by atoms with van der Waals surface area (Å²) in [6.07, 6.45) is 3.23. The van der Waals surface area contributed by atoms with E-state index in [-0.39, 0.29) is 5.91 Å². The lowest BCUT2D eigenvalue weighted by Gasteiger charge is -2.06. The Labute approximate surface area is 93.0 Å². The van der Waals surface area contributed by atoms with Crippen LogP contribution in [0.3, 0.4) is 0 Å². The van der Waals surface area contributed by atoms with Crippen molar-refractivity contribution in [3.63, 3.8) is 0 Å². The molecule has 0 unspecified atom stereocenters. The first-order chi connectivity index (χ1) is 7.66. The number of fused-ring (bicyclic) bond motifs is 1. The summed E-state index contributed by atoms with van der Waals surface area (Å²) in [5.74, 6) is -0.353. The quantitative estimate of drug-likeness (QED) is 0.600. The molecule has 0 aliphatic heterocycles. The highest BCUT2D eigenvalue weighted by molar-refractivity contribution is 5.95. The van der Waals surface area contributed by atoms with Gasteiger partial charge in [-0.1, -0.05) is 6.07 Å². The molecule has 1 aromatic rings. The summed E-state index contributed by atoms with van der Waals surface area (Å²) >= 11 is 0. The molecular weight excluding hydrogens is 206 g/mol. The number of hydrazine groups is 1. The zero-order valence-electron chi connectivity index (χ0n) is 8.75. The number of nitrogens with two attached hydrogens (primary N) is 1. The fourth-order valence-corrected chi connectivity index (χ4v) is 1.90. The van der Waals surface area contributed by atoms with Gasteiger partial charge in [0.05, 0.1) is 0 Å². The number of primary amides is 1. The Bertz CT molecular complexity index is 443. The maximum atomic E-state index is 11.6. The van der Waals surface area contributed by atoms with E-state index >= 15 is 0 Å². The van der Waals surface area contributed by atoms with Gasteiger partial charge in [-0.25, -0.2) is 10.2 Å². The van der Waals surface area contributed by atoms with Gasteiger partial charge < -0.3 is 5.73 Å². The number of urea groups is 1. The van der Waals surface area contributed by atoms with Crippen molar-refractivity contribution in [2.24, 2.45) is 5.73 Å². The summed E-state index contributed by atoms with van der Waals surface area (Å²) in [5, 5.41) is 0. The summed E-state index contributed by atoms with van der Waals surface area (Å²) in [4.78, 5) is 22.0. The monoisotopic (exact) mass is 219 g/mol. The third-order valence-corrected chi connectivity index (χ3v) is 2.66. The van der Waals surface area contributed by atoms with E-state index in [1.807, 2.05) is 12.1 Å². The first-order valence-electron chi connectivity index (χ1n) is 5.14. The number of hydrogen-bond donors (Lipinski definition) is 3. The fraction of sp³-hybridized carbons (Fsp3) is 0.273. The van der Waals surface area contributed by atoms with Crippen LogP contribution in [0.15, 0.2) is 18.2 Å². The number of carbonyl (C=O) groups is 2. The molecule has 5 nitrogen and oxygen atoms in total. The van der Waals surface area contributed by atoms with Gasteiger partial charge in [0, 0.05) is 5.56 Å². The lowest BCUT2D eigenvalue weighted by Crippen LogP contribution is -2.44. The van der Waals surface area contributed by atoms with Gasteiger partial charge in [0.15, 0.2) is 0 Å². The van der Waals surface area contributed by atoms with Gasteiger partial charge in [0.2, 0.25) is 0 Å². The van der Waals surface area contributed by atoms with E-state index in [2.05, 4.69) is 10.9 Å². The summed E-state index contributed by atoms with van der Waals surface area (Å²) in [7, 11) is 0. The number of hydrogen-bond acceptors (Lipinski definition) is 2. The van der Waals surface area contributed by atoms with E-state index in [4.69, 9.17) is 5.73 Å². The molecule has 0 spiro atoms. The zero-order chi connectivity index (χ0) is 11.5. The van der Waals surface area contributed by atoms with Crippen molar-refractivity contribution in [2.45, 2.75) is 19.3 Å². The number of nitrogens with one attached hydrogen (secondary N) is 2. The van der Waals surface area contributed by atoms with Crippen LogP contribution in [0.5, 0.6) is 0 Å². The Morgan fingerprint density at radius 3 is 2.62 bits per heavy atom. The average molecular weight is 219 g/mol. The fourth-order valence-electron chi connectivity index (χ4n) is 1.90. The number of benzene rings is 1. The summed E-state index contributed by atoms with van der Waals surface area (Å²) in [5.41, 5.74) is 12.2. The Kier molecular flexibility index (Phi) is 2.76. The molecule has 84 valence electrons. The highest BCUT2D eigenvalue weighted by Crippen LogP contribution is 2.22. The minimum atomic E-state index is -0.783. The Morgan fingerprint density at radius 1 is 1.12 bits per heavy atom. The normalized spacial score (nSPS) is 13.0. The van der Waals surface area contributed by atoms with Gasteiger partial charge in [0.25, 0.3) is 5.91 Å². The van der Waals surface area contributed by atoms with Gasteiger partial charge in [-0.3, -0.25) is 10.2 Å². The van der Waals surface area contributed by atoms with E-state index in [1.165, 1.54) is 11.1 Å². The molecule has 0 radical (unpaired) electrons. The summed E-state index contributed by atoms with van der Waals surface area (Å²) < 4.78 is 0. The highest BCUT2D eigenvalue weighted by atomic mass is 16.2. The largest absolute Gasteiger partial charge is 0.350 e. The molecule has 4 N–H and O–H groups in total. The van der Waals surface area contributed by atoms with Crippen LogP contribution >= 0.6 is 0 Å². The maximum Gasteiger partial charge on any atom is 0.330 e. The number of carbonyl (C=O) groups excluding carboxylic acids is 2. The maximum absolute atomic E-state index is 11.6. The minimum Gasteiger partial charge on any atom is -0.350 e. The van der Waals surface area contributed by atoms with Crippen LogP contribution < -0.4 is 16.6 Å². The van der Waals surface area contributed by atoms with Crippen LogP contribution in [0.4, 0.5) is 4.79 Å². The number of rotatable bonds is 1. The average Bonchev–Trinajstić information content (AvgIpc) is 2.72. The molecule has 3 amide bonds. The van der Waals surface area contributed by atoms with E-state index in [9.17, 15) is 9.59 Å². The third kappa shape index (κ3) is 2.13. The van der Waals surface area contributed by atoms with E-state index in [1.54, 1.807) is 6.07 Å². The van der Waals surface area contributed by atoms with Gasteiger partial charge in [-0.05, 0) is 42.5 Å². The van der Waals surface area contributed by atoms with Gasteiger partial charge in [0.1, 0.15) is 0 Å². The van der Waals surface area contributed by atoms with E-state index < -0.39 is 6.03 Å². The topological polar surface area (TPSA) is 84.2 Å². The predicted octanol–water partition coefficient (Wildman–Crippen LogP) is 0.488. The molecule has 0 bridgehead atoms. The van der Waals surface area contributed by atoms with Crippen LogP contribution in [-0.2, 0) is 12.8 Å². The van der Waals surface area contributed by atoms with Crippen molar-refractivity contribution in [3.05, 3.63) is 34.9 Å². The molecule has 1 aliphatic rings. The lowest BCUT2D eigenvalue weighted by molar-refractivity contribution is 0.0937. The van der Waals surface area contributed by atoms with Crippen molar-refractivity contribution in [1.82, 2.24) is 10.9 Å². The van der Waals surface area contributed by atoms with Gasteiger partial charge in [-0.2, -0.15) is 0 Å². The molecule has 5 heteroatoms. The summed E-state index contributed by atoms with van der Waals surface area (Å²) in [6.45, 7) is 0. The van der Waals surface area contributed by atoms with Crippen molar-refractivity contribution in [2.75, 3.05) is 0 Å². The smallest absolute Gasteiger partial charge is 0.330 e. The minimum absolute atomic E-state index is 0.353. The first-order valence-corrected chi connectivity index (χ1v) is 5.14. The Balaban J connectivity index is 2.09. The molecule has 1 aliphatic carbocycles. The molecule has 0 fully saturated rings. The Hall–Kier alpha value is -2.04. The van der Waals surface area contributed by atoms with Crippen LogP contribution in [0, 0.1) is 0 Å². The standard InChI is InChI=1S/C11H13N3O2/c12-11(16)14-13-10(15)9-5-4-7-2-1-3-8(7)6-9/h4-6H,1-3H2,(H,13,15)(H3,12,14,16). The van der Waals surface area contributed by atoms with Crippen molar-refractivity contribution < 1.29 is 9.59 Å². The molecule has 16 heavy (non-hydrogen) atoms. The van der Waals surface area contributed by atoms with Crippen LogP contribution in [0.25, 0.3) is 0 Å². The molecule has 1 aromatic carbocycles. The molecule has 0 atom stereocenters. The van der Waals surface area contributed by atoms with Crippen molar-refractivity contribution in [3.8, 4) is 0 Å². The second-order valence-corrected chi connectivity index (χ2v) is 3.78. The first kappa shape index (κ1) is 10.5. The molecule has 0 heterocycles. The highest BCUT2D eigenvalue weighted by Gasteiger charge is 2.13. The second kappa shape index (κ2) is 4.22. The third-order valence-electron chi connectivity index (χ3n) is 2.66. The van der Waals surface area contributed by atoms with E-state index in [0.717, 1.165) is 19.3 Å². The molecule has 0 saturated carbocycles. The number of aryl methyl sites for hydroxylation is 2. The summed E-state index contributed by atoms with van der Waals surface area (Å²) in [6, 6.07) is 4.79. The Morgan fingerprint density at radius 2 is 1.88 bits per heavy atom. The second-order valence-electron chi connectivity index (χ2n) is 3.78. The van der Waals surface area contributed by atoms with E-state index in [0.29, 0.717) is 5.56 Å². The number of amides is 3. The molecule has 0 saturated heterocycles. The zero-order valence-corrected chi connectivity index (χ0v) is 8.75. The molecule has 0 aromatic heterocycles. The molecular formula is C11H13N3O2. The van der Waals surface area contributed by atoms with Gasteiger partial charge >= 0.3 is 6.03 Å². The van der Waals surface area contributed by atoms with Crippen molar-refractivity contribution >= 4 is 11.9 Å².